The maximum absolute atomic E-state index is 11.2. The Kier molecular flexibility index (Phi) is 3.71. The van der Waals surface area contributed by atoms with Gasteiger partial charge in [0, 0.05) is 17.7 Å². The van der Waals surface area contributed by atoms with Gasteiger partial charge in [-0.25, -0.2) is 0 Å². The fraction of sp³-hybridized carbons (Fsp3) is 0.0769. The van der Waals surface area contributed by atoms with Crippen LogP contribution in [0, 0.1) is 10.1 Å². The quantitative estimate of drug-likeness (QED) is 0.491. The minimum atomic E-state index is -3.71. The largest absolute Gasteiger partial charge is 0.382 e. The molecule has 0 fully saturated rings. The summed E-state index contributed by atoms with van der Waals surface area (Å²) in [5.41, 5.74) is 0.852. The molecule has 0 N–H and O–H groups in total. The lowest BCUT2D eigenvalue weighted by molar-refractivity contribution is -0.384. The molecule has 0 heterocycles. The summed E-state index contributed by atoms with van der Waals surface area (Å²) >= 11 is 0. The molecule has 0 aliphatic heterocycles. The van der Waals surface area contributed by atoms with Crippen LogP contribution in [0.25, 0.3) is 11.1 Å². The van der Waals surface area contributed by atoms with Gasteiger partial charge >= 0.3 is 10.1 Å². The molecule has 0 bridgehead atoms. The molecule has 2 aromatic carbocycles. The molecule has 0 unspecified atom stereocenters. The lowest BCUT2D eigenvalue weighted by atomic mass is 10.0. The minimum absolute atomic E-state index is 0.0595. The molecule has 2 aromatic rings. The standard InChI is InChI=1S/C13H11NO5S/c1-20(17,18)19-13-8-7-11(14(15)16)9-12(13)10-5-3-2-4-6-10/h2-9H,1H3. The van der Waals surface area contributed by atoms with Crippen LogP contribution in [-0.2, 0) is 10.1 Å². The number of nitro benzene ring substituents is 1. The molecule has 20 heavy (non-hydrogen) atoms. The number of hydrogen-bond donors (Lipinski definition) is 0. The third kappa shape index (κ3) is 3.33. The van der Waals surface area contributed by atoms with E-state index in [0.29, 0.717) is 11.1 Å². The Morgan fingerprint density at radius 1 is 1.10 bits per heavy atom. The molecule has 0 aliphatic carbocycles. The normalized spacial score (nSPS) is 11.1. The number of nitrogens with zero attached hydrogens (tertiary/aromatic N) is 1. The molecule has 0 saturated heterocycles. The number of nitro groups is 1. The average Bonchev–Trinajstić information content (AvgIpc) is 2.38. The first-order chi connectivity index (χ1) is 9.37. The van der Waals surface area contributed by atoms with Crippen LogP contribution in [0.15, 0.2) is 48.5 Å². The Morgan fingerprint density at radius 2 is 1.75 bits per heavy atom. The first-order valence-corrected chi connectivity index (χ1v) is 7.42. The van der Waals surface area contributed by atoms with Crippen LogP contribution in [0.2, 0.25) is 0 Å². The van der Waals surface area contributed by atoms with Crippen LogP contribution < -0.4 is 4.18 Å². The van der Waals surface area contributed by atoms with E-state index in [1.165, 1.54) is 18.2 Å². The second-order valence-corrected chi connectivity index (χ2v) is 5.67. The van der Waals surface area contributed by atoms with Crippen molar-refractivity contribution in [2.24, 2.45) is 0 Å². The molecular weight excluding hydrogens is 282 g/mol. The zero-order chi connectivity index (χ0) is 14.8. The highest BCUT2D eigenvalue weighted by atomic mass is 32.2. The summed E-state index contributed by atoms with van der Waals surface area (Å²) in [7, 11) is -3.71. The summed E-state index contributed by atoms with van der Waals surface area (Å²) in [6.45, 7) is 0. The van der Waals surface area contributed by atoms with Crippen molar-refractivity contribution in [1.82, 2.24) is 0 Å². The predicted molar refractivity (Wildman–Crippen MR) is 74.0 cm³/mol. The molecule has 7 heteroatoms. The van der Waals surface area contributed by atoms with E-state index < -0.39 is 15.0 Å². The molecule has 2 rings (SSSR count). The van der Waals surface area contributed by atoms with Gasteiger partial charge in [-0.15, -0.1) is 0 Å². The summed E-state index contributed by atoms with van der Waals surface area (Å²) < 4.78 is 27.4. The summed E-state index contributed by atoms with van der Waals surface area (Å²) in [6.07, 6.45) is 0.920. The van der Waals surface area contributed by atoms with E-state index in [1.807, 2.05) is 0 Å². The third-order valence-electron chi connectivity index (χ3n) is 2.50. The van der Waals surface area contributed by atoms with E-state index in [4.69, 9.17) is 4.18 Å². The predicted octanol–water partition coefficient (Wildman–Crippen LogP) is 2.60. The third-order valence-corrected chi connectivity index (χ3v) is 2.98. The van der Waals surface area contributed by atoms with Gasteiger partial charge in [-0.05, 0) is 11.6 Å². The Morgan fingerprint density at radius 3 is 2.30 bits per heavy atom. The maximum atomic E-state index is 11.2. The molecule has 0 atom stereocenters. The SMILES string of the molecule is CS(=O)(=O)Oc1ccc([N+](=O)[O-])cc1-c1ccccc1. The monoisotopic (exact) mass is 293 g/mol. The summed E-state index contributed by atoms with van der Waals surface area (Å²) in [4.78, 5) is 10.3. The number of benzene rings is 2. The maximum Gasteiger partial charge on any atom is 0.306 e. The van der Waals surface area contributed by atoms with Crippen molar-refractivity contribution < 1.29 is 17.5 Å². The van der Waals surface area contributed by atoms with Gasteiger partial charge in [0.05, 0.1) is 11.2 Å². The van der Waals surface area contributed by atoms with Gasteiger partial charge in [-0.2, -0.15) is 8.42 Å². The Bertz CT molecular complexity index is 741. The molecule has 0 amide bonds. The fourth-order valence-corrected chi connectivity index (χ4v) is 2.18. The summed E-state index contributed by atoms with van der Waals surface area (Å²) in [6, 6.07) is 12.5. The molecule has 0 aromatic heterocycles. The van der Waals surface area contributed by atoms with Crippen LogP contribution in [0.4, 0.5) is 5.69 Å². The van der Waals surface area contributed by atoms with E-state index in [-0.39, 0.29) is 11.4 Å². The van der Waals surface area contributed by atoms with E-state index in [2.05, 4.69) is 0 Å². The van der Waals surface area contributed by atoms with Crippen molar-refractivity contribution in [1.29, 1.82) is 0 Å². The highest BCUT2D eigenvalue weighted by Gasteiger charge is 2.16. The Hall–Kier alpha value is -2.41. The van der Waals surface area contributed by atoms with Gasteiger partial charge in [0.25, 0.3) is 5.69 Å². The molecule has 0 spiro atoms. The van der Waals surface area contributed by atoms with Crippen LogP contribution in [0.3, 0.4) is 0 Å². The van der Waals surface area contributed by atoms with E-state index >= 15 is 0 Å². The van der Waals surface area contributed by atoms with Crippen molar-refractivity contribution >= 4 is 15.8 Å². The van der Waals surface area contributed by atoms with E-state index in [1.54, 1.807) is 30.3 Å². The number of hydrogen-bond acceptors (Lipinski definition) is 5. The number of non-ortho nitro benzene ring substituents is 1. The molecule has 0 radical (unpaired) electrons. The van der Waals surface area contributed by atoms with Crippen LogP contribution in [0.1, 0.15) is 0 Å². The van der Waals surface area contributed by atoms with Gasteiger partial charge in [0.1, 0.15) is 0 Å². The number of rotatable bonds is 4. The van der Waals surface area contributed by atoms with Crippen molar-refractivity contribution in [3.8, 4) is 16.9 Å². The molecule has 6 nitrogen and oxygen atoms in total. The lowest BCUT2D eigenvalue weighted by Crippen LogP contribution is -2.06. The minimum Gasteiger partial charge on any atom is -0.382 e. The summed E-state index contributed by atoms with van der Waals surface area (Å²) in [5, 5.41) is 10.8. The van der Waals surface area contributed by atoms with Crippen molar-refractivity contribution in [2.75, 3.05) is 6.26 Å². The Labute approximate surface area is 115 Å². The van der Waals surface area contributed by atoms with Crippen molar-refractivity contribution in [3.05, 3.63) is 58.6 Å². The first-order valence-electron chi connectivity index (χ1n) is 5.60. The van der Waals surface area contributed by atoms with Crippen LogP contribution in [-0.4, -0.2) is 19.6 Å². The zero-order valence-corrected chi connectivity index (χ0v) is 11.3. The van der Waals surface area contributed by atoms with Gasteiger partial charge in [-0.3, -0.25) is 10.1 Å². The second-order valence-electron chi connectivity index (χ2n) is 4.09. The van der Waals surface area contributed by atoms with E-state index in [9.17, 15) is 18.5 Å². The van der Waals surface area contributed by atoms with Crippen LogP contribution in [0.5, 0.6) is 5.75 Å². The molecule has 0 saturated carbocycles. The lowest BCUT2D eigenvalue weighted by Gasteiger charge is -2.09. The van der Waals surface area contributed by atoms with Gasteiger partial charge < -0.3 is 4.18 Å². The molecule has 104 valence electrons. The molecule has 0 aliphatic rings. The summed E-state index contributed by atoms with van der Waals surface area (Å²) in [5.74, 6) is 0.0595. The van der Waals surface area contributed by atoms with Crippen molar-refractivity contribution in [2.45, 2.75) is 0 Å². The highest BCUT2D eigenvalue weighted by Crippen LogP contribution is 2.33. The second kappa shape index (κ2) is 5.30. The van der Waals surface area contributed by atoms with Gasteiger partial charge in [0.2, 0.25) is 0 Å². The van der Waals surface area contributed by atoms with Crippen LogP contribution >= 0.6 is 0 Å². The first kappa shape index (κ1) is 14.0. The Balaban J connectivity index is 2.60. The van der Waals surface area contributed by atoms with Gasteiger partial charge in [-0.1, -0.05) is 30.3 Å². The zero-order valence-electron chi connectivity index (χ0n) is 10.5. The van der Waals surface area contributed by atoms with Gasteiger partial charge in [0.15, 0.2) is 5.75 Å². The topological polar surface area (TPSA) is 86.5 Å². The molecular formula is C13H11NO5S. The smallest absolute Gasteiger partial charge is 0.306 e. The fourth-order valence-electron chi connectivity index (χ4n) is 1.71. The van der Waals surface area contributed by atoms with Crippen molar-refractivity contribution in [3.63, 3.8) is 0 Å². The van der Waals surface area contributed by atoms with E-state index in [0.717, 1.165) is 6.26 Å². The highest BCUT2D eigenvalue weighted by molar-refractivity contribution is 7.86. The average molecular weight is 293 g/mol.